The zero-order valence-corrected chi connectivity index (χ0v) is 12.3. The number of hydrogen-bond donors (Lipinski definition) is 0. The molecule has 0 aliphatic rings. The number of sulfonamides is 1. The van der Waals surface area contributed by atoms with E-state index in [9.17, 15) is 8.42 Å². The fourth-order valence-corrected chi connectivity index (χ4v) is 3.22. The van der Waals surface area contributed by atoms with Crippen LogP contribution in [0.2, 0.25) is 5.02 Å². The Morgan fingerprint density at radius 1 is 1.47 bits per heavy atom. The minimum Gasteiger partial charge on any atom is -0.385 e. The van der Waals surface area contributed by atoms with Crippen LogP contribution in [0.1, 0.15) is 12.0 Å². The van der Waals surface area contributed by atoms with Gasteiger partial charge in [0, 0.05) is 27.3 Å². The van der Waals surface area contributed by atoms with Crippen molar-refractivity contribution in [1.82, 2.24) is 4.31 Å². The lowest BCUT2D eigenvalue weighted by Crippen LogP contribution is -2.28. The highest BCUT2D eigenvalue weighted by Gasteiger charge is 2.23. The Kier molecular flexibility index (Phi) is 5.76. The molecule has 104 valence electrons. The molecular formula is C12H15ClN2O3S. The number of ether oxygens (including phenoxy) is 1. The SMILES string of the molecule is COCCCN(C)S(=O)(=O)c1ccc(C#N)cc1Cl. The molecule has 7 heteroatoms. The molecule has 1 aromatic carbocycles. The van der Waals surface area contributed by atoms with Crippen molar-refractivity contribution >= 4 is 21.6 Å². The molecular weight excluding hydrogens is 288 g/mol. The van der Waals surface area contributed by atoms with Crippen LogP contribution in [0.3, 0.4) is 0 Å². The number of rotatable bonds is 6. The molecule has 0 saturated carbocycles. The van der Waals surface area contributed by atoms with Crippen LogP contribution < -0.4 is 0 Å². The fraction of sp³-hybridized carbons (Fsp3) is 0.417. The summed E-state index contributed by atoms with van der Waals surface area (Å²) in [5, 5.41) is 8.78. The number of benzene rings is 1. The van der Waals surface area contributed by atoms with Gasteiger partial charge in [-0.2, -0.15) is 5.26 Å². The first-order valence-corrected chi connectivity index (χ1v) is 7.40. The van der Waals surface area contributed by atoms with Crippen molar-refractivity contribution in [2.75, 3.05) is 27.3 Å². The number of nitriles is 1. The zero-order chi connectivity index (χ0) is 14.5. The molecule has 0 bridgehead atoms. The van der Waals surface area contributed by atoms with Crippen molar-refractivity contribution in [3.05, 3.63) is 28.8 Å². The van der Waals surface area contributed by atoms with Crippen LogP contribution in [0.4, 0.5) is 0 Å². The second kappa shape index (κ2) is 6.87. The Bertz CT molecular complexity index is 581. The molecule has 0 fully saturated rings. The summed E-state index contributed by atoms with van der Waals surface area (Å²) in [6.45, 7) is 0.827. The summed E-state index contributed by atoms with van der Waals surface area (Å²) in [4.78, 5) is 0.00748. The topological polar surface area (TPSA) is 70.4 Å². The highest BCUT2D eigenvalue weighted by atomic mass is 35.5. The lowest BCUT2D eigenvalue weighted by atomic mass is 10.2. The van der Waals surface area contributed by atoms with Crippen LogP contribution in [-0.2, 0) is 14.8 Å². The molecule has 0 aliphatic heterocycles. The predicted octanol–water partition coefficient (Wildman–Crippen LogP) is 1.87. The molecule has 0 aliphatic carbocycles. The van der Waals surface area contributed by atoms with E-state index in [-0.39, 0.29) is 9.92 Å². The van der Waals surface area contributed by atoms with Crippen LogP contribution in [0.15, 0.2) is 23.1 Å². The van der Waals surface area contributed by atoms with Gasteiger partial charge in [0.1, 0.15) is 4.90 Å². The van der Waals surface area contributed by atoms with Crippen LogP contribution in [-0.4, -0.2) is 40.0 Å². The van der Waals surface area contributed by atoms with E-state index in [4.69, 9.17) is 21.6 Å². The highest BCUT2D eigenvalue weighted by Crippen LogP contribution is 2.25. The Hall–Kier alpha value is -1.13. The summed E-state index contributed by atoms with van der Waals surface area (Å²) in [7, 11) is -0.592. The molecule has 1 aromatic rings. The summed E-state index contributed by atoms with van der Waals surface area (Å²) in [6.07, 6.45) is 0.597. The van der Waals surface area contributed by atoms with Crippen LogP contribution >= 0.6 is 11.6 Å². The van der Waals surface area contributed by atoms with Gasteiger partial charge in [-0.15, -0.1) is 0 Å². The maximum Gasteiger partial charge on any atom is 0.244 e. The highest BCUT2D eigenvalue weighted by molar-refractivity contribution is 7.89. The monoisotopic (exact) mass is 302 g/mol. The molecule has 0 atom stereocenters. The van der Waals surface area contributed by atoms with Gasteiger partial charge >= 0.3 is 0 Å². The normalized spacial score (nSPS) is 11.5. The summed E-state index contributed by atoms with van der Waals surface area (Å²) in [6, 6.07) is 6.04. The largest absolute Gasteiger partial charge is 0.385 e. The molecule has 0 spiro atoms. The van der Waals surface area contributed by atoms with E-state index in [1.165, 1.54) is 29.6 Å². The number of halogens is 1. The van der Waals surface area contributed by atoms with E-state index in [1.54, 1.807) is 7.11 Å². The molecule has 0 unspecified atom stereocenters. The quantitative estimate of drug-likeness (QED) is 0.752. The van der Waals surface area contributed by atoms with E-state index in [0.29, 0.717) is 25.1 Å². The van der Waals surface area contributed by atoms with E-state index in [0.717, 1.165) is 0 Å². The average molecular weight is 303 g/mol. The second-order valence-electron chi connectivity index (χ2n) is 3.93. The minimum absolute atomic E-state index is 0.00748. The Balaban J connectivity index is 2.97. The third-order valence-electron chi connectivity index (χ3n) is 2.57. The van der Waals surface area contributed by atoms with Gasteiger partial charge < -0.3 is 4.74 Å². The van der Waals surface area contributed by atoms with Gasteiger partial charge in [-0.1, -0.05) is 11.6 Å². The number of nitrogens with zero attached hydrogens (tertiary/aromatic N) is 2. The van der Waals surface area contributed by atoms with E-state index in [1.807, 2.05) is 6.07 Å². The molecule has 0 amide bonds. The number of hydrogen-bond acceptors (Lipinski definition) is 4. The van der Waals surface area contributed by atoms with Crippen molar-refractivity contribution in [1.29, 1.82) is 5.26 Å². The molecule has 0 N–H and O–H groups in total. The summed E-state index contributed by atoms with van der Waals surface area (Å²) in [5.74, 6) is 0. The van der Waals surface area contributed by atoms with Crippen molar-refractivity contribution < 1.29 is 13.2 Å². The van der Waals surface area contributed by atoms with Crippen LogP contribution in [0, 0.1) is 11.3 Å². The van der Waals surface area contributed by atoms with Crippen LogP contribution in [0.5, 0.6) is 0 Å². The molecule has 19 heavy (non-hydrogen) atoms. The fourth-order valence-electron chi connectivity index (χ4n) is 1.50. The smallest absolute Gasteiger partial charge is 0.244 e. The number of methoxy groups -OCH3 is 1. The van der Waals surface area contributed by atoms with Crippen molar-refractivity contribution in [3.8, 4) is 6.07 Å². The van der Waals surface area contributed by atoms with Crippen molar-refractivity contribution in [3.63, 3.8) is 0 Å². The Labute approximate surface area is 118 Å². The lowest BCUT2D eigenvalue weighted by molar-refractivity contribution is 0.189. The molecule has 0 radical (unpaired) electrons. The first-order valence-electron chi connectivity index (χ1n) is 5.58. The third kappa shape index (κ3) is 3.91. The molecule has 0 heterocycles. The maximum atomic E-state index is 12.3. The summed E-state index contributed by atoms with van der Waals surface area (Å²) >= 11 is 5.92. The molecule has 1 rings (SSSR count). The van der Waals surface area contributed by atoms with Gasteiger partial charge in [-0.25, -0.2) is 12.7 Å². The molecule has 0 saturated heterocycles. The van der Waals surface area contributed by atoms with Gasteiger partial charge in [0.25, 0.3) is 0 Å². The summed E-state index contributed by atoms with van der Waals surface area (Å²) in [5.41, 5.74) is 0.325. The van der Waals surface area contributed by atoms with Crippen molar-refractivity contribution in [2.45, 2.75) is 11.3 Å². The standard InChI is InChI=1S/C12H15ClN2O3S/c1-15(6-3-7-18-2)19(16,17)12-5-4-10(9-14)8-11(12)13/h4-5,8H,3,6-7H2,1-2H3. The van der Waals surface area contributed by atoms with E-state index < -0.39 is 10.0 Å². The summed E-state index contributed by atoms with van der Waals surface area (Å²) < 4.78 is 30.6. The van der Waals surface area contributed by atoms with Crippen molar-refractivity contribution in [2.24, 2.45) is 0 Å². The molecule has 0 aromatic heterocycles. The maximum absolute atomic E-state index is 12.3. The van der Waals surface area contributed by atoms with Gasteiger partial charge in [0.15, 0.2) is 0 Å². The molecule has 5 nitrogen and oxygen atoms in total. The third-order valence-corrected chi connectivity index (χ3v) is 4.91. The van der Waals surface area contributed by atoms with E-state index >= 15 is 0 Å². The predicted molar refractivity (Wildman–Crippen MR) is 72.5 cm³/mol. The van der Waals surface area contributed by atoms with Gasteiger partial charge in [-0.3, -0.25) is 0 Å². The first kappa shape index (κ1) is 15.9. The minimum atomic E-state index is -3.64. The van der Waals surface area contributed by atoms with Gasteiger partial charge in [0.2, 0.25) is 10.0 Å². The average Bonchev–Trinajstić information content (AvgIpc) is 2.38. The van der Waals surface area contributed by atoms with Gasteiger partial charge in [-0.05, 0) is 24.6 Å². The Morgan fingerprint density at radius 2 is 2.16 bits per heavy atom. The van der Waals surface area contributed by atoms with E-state index in [2.05, 4.69) is 0 Å². The first-order chi connectivity index (χ1) is 8.93. The Morgan fingerprint density at radius 3 is 2.68 bits per heavy atom. The van der Waals surface area contributed by atoms with Crippen LogP contribution in [0.25, 0.3) is 0 Å². The van der Waals surface area contributed by atoms with Gasteiger partial charge in [0.05, 0.1) is 16.7 Å². The lowest BCUT2D eigenvalue weighted by Gasteiger charge is -2.17. The zero-order valence-electron chi connectivity index (χ0n) is 10.8. The second-order valence-corrected chi connectivity index (χ2v) is 6.35.